The third-order valence-corrected chi connectivity index (χ3v) is 8.23. The van der Waals surface area contributed by atoms with Gasteiger partial charge in [-0.15, -0.1) is 11.3 Å². The van der Waals surface area contributed by atoms with Crippen LogP contribution in [0.15, 0.2) is 65.8 Å². The van der Waals surface area contributed by atoms with Gasteiger partial charge in [-0.1, -0.05) is 12.1 Å². The first-order chi connectivity index (χ1) is 16.2. The van der Waals surface area contributed by atoms with E-state index in [1.54, 1.807) is 25.2 Å². The molecule has 0 aliphatic rings. The Bertz CT molecular complexity index is 1460. The number of rotatable bonds is 8. The SMILES string of the molecule is Cc1cc(S(=O)(=O)NCCc2nc(-c3cccc(-n4cccc4)c3)sc2C)cc(C(=O)O)c1C. The molecule has 2 aromatic heterocycles. The molecule has 2 N–H and O–H groups in total. The van der Waals surface area contributed by atoms with Gasteiger partial charge in [-0.2, -0.15) is 0 Å². The molecule has 0 amide bonds. The van der Waals surface area contributed by atoms with Gasteiger partial charge in [0.2, 0.25) is 10.0 Å². The maximum atomic E-state index is 12.8. The van der Waals surface area contributed by atoms with Gasteiger partial charge in [0.1, 0.15) is 5.01 Å². The number of aromatic nitrogens is 2. The number of hydrogen-bond acceptors (Lipinski definition) is 5. The highest BCUT2D eigenvalue weighted by Gasteiger charge is 2.20. The number of carboxylic acids is 1. The minimum absolute atomic E-state index is 0.0116. The van der Waals surface area contributed by atoms with Crippen molar-refractivity contribution in [2.24, 2.45) is 0 Å². The molecule has 2 aromatic carbocycles. The van der Waals surface area contributed by atoms with Gasteiger partial charge in [-0.3, -0.25) is 0 Å². The summed E-state index contributed by atoms with van der Waals surface area (Å²) in [6.45, 7) is 5.50. The molecule has 0 unspecified atom stereocenters. The summed E-state index contributed by atoms with van der Waals surface area (Å²) < 4.78 is 30.2. The number of thiazole rings is 1. The molecule has 7 nitrogen and oxygen atoms in total. The maximum Gasteiger partial charge on any atom is 0.336 e. The van der Waals surface area contributed by atoms with E-state index in [1.807, 2.05) is 54.2 Å². The molecule has 0 bridgehead atoms. The number of nitrogens with one attached hydrogen (secondary N) is 1. The Kier molecular flexibility index (Phi) is 6.70. The van der Waals surface area contributed by atoms with E-state index >= 15 is 0 Å². The molecule has 0 atom stereocenters. The average molecular weight is 496 g/mol. The lowest BCUT2D eigenvalue weighted by molar-refractivity contribution is 0.0695. The Balaban J connectivity index is 1.48. The lowest BCUT2D eigenvalue weighted by atomic mass is 10.0. The first-order valence-electron chi connectivity index (χ1n) is 10.7. The number of sulfonamides is 1. The monoisotopic (exact) mass is 495 g/mol. The highest BCUT2D eigenvalue weighted by molar-refractivity contribution is 7.89. The molecule has 0 saturated carbocycles. The zero-order valence-corrected chi connectivity index (χ0v) is 20.7. The van der Waals surface area contributed by atoms with Gasteiger partial charge in [0.25, 0.3) is 0 Å². The zero-order chi connectivity index (χ0) is 24.5. The summed E-state index contributed by atoms with van der Waals surface area (Å²) in [5.41, 5.74) is 4.03. The lowest BCUT2D eigenvalue weighted by Gasteiger charge is -2.11. The van der Waals surface area contributed by atoms with Crippen molar-refractivity contribution in [3.63, 3.8) is 0 Å². The molecule has 0 aliphatic heterocycles. The fourth-order valence-electron chi connectivity index (χ4n) is 3.68. The van der Waals surface area contributed by atoms with Crippen LogP contribution in [0, 0.1) is 20.8 Å². The Morgan fingerprint density at radius 1 is 1.09 bits per heavy atom. The minimum Gasteiger partial charge on any atom is -0.478 e. The highest BCUT2D eigenvalue weighted by Crippen LogP contribution is 2.29. The predicted molar refractivity (Wildman–Crippen MR) is 133 cm³/mol. The molecule has 34 heavy (non-hydrogen) atoms. The molecule has 0 radical (unpaired) electrons. The minimum atomic E-state index is -3.86. The number of aromatic carboxylic acids is 1. The van der Waals surface area contributed by atoms with Gasteiger partial charge in [-0.25, -0.2) is 22.9 Å². The smallest absolute Gasteiger partial charge is 0.336 e. The predicted octanol–water partition coefficient (Wildman–Crippen LogP) is 4.75. The van der Waals surface area contributed by atoms with Crippen LogP contribution in [0.3, 0.4) is 0 Å². The largest absolute Gasteiger partial charge is 0.478 e. The zero-order valence-electron chi connectivity index (χ0n) is 19.1. The molecule has 0 saturated heterocycles. The molecular weight excluding hydrogens is 470 g/mol. The molecule has 4 rings (SSSR count). The summed E-state index contributed by atoms with van der Waals surface area (Å²) in [6.07, 6.45) is 4.40. The number of carbonyl (C=O) groups is 1. The van der Waals surface area contributed by atoms with Gasteiger partial charge < -0.3 is 9.67 Å². The van der Waals surface area contributed by atoms with E-state index in [0.717, 1.165) is 26.8 Å². The van der Waals surface area contributed by atoms with Crippen LogP contribution in [-0.2, 0) is 16.4 Å². The van der Waals surface area contributed by atoms with Crippen molar-refractivity contribution in [2.45, 2.75) is 32.1 Å². The van der Waals surface area contributed by atoms with E-state index in [1.165, 1.54) is 12.1 Å². The summed E-state index contributed by atoms with van der Waals surface area (Å²) >= 11 is 1.57. The van der Waals surface area contributed by atoms with Gasteiger partial charge in [0.15, 0.2) is 0 Å². The first-order valence-corrected chi connectivity index (χ1v) is 13.0. The Morgan fingerprint density at radius 2 is 1.82 bits per heavy atom. The number of benzene rings is 2. The van der Waals surface area contributed by atoms with Crippen molar-refractivity contribution in [3.8, 4) is 16.3 Å². The van der Waals surface area contributed by atoms with E-state index in [0.29, 0.717) is 17.5 Å². The quantitative estimate of drug-likeness (QED) is 0.368. The van der Waals surface area contributed by atoms with E-state index in [2.05, 4.69) is 10.8 Å². The highest BCUT2D eigenvalue weighted by atomic mass is 32.2. The topological polar surface area (TPSA) is 101 Å². The molecule has 176 valence electrons. The Labute approximate surface area is 202 Å². The number of carboxylic acid groups (broad SMARTS) is 1. The van der Waals surface area contributed by atoms with Crippen molar-refractivity contribution in [3.05, 3.63) is 88.2 Å². The maximum absolute atomic E-state index is 12.8. The normalized spacial score (nSPS) is 11.6. The van der Waals surface area contributed by atoms with E-state index in [4.69, 9.17) is 4.98 Å². The van der Waals surface area contributed by atoms with Crippen molar-refractivity contribution in [1.82, 2.24) is 14.3 Å². The molecular formula is C25H25N3O4S2. The van der Waals surface area contributed by atoms with E-state index in [9.17, 15) is 18.3 Å². The fourth-order valence-corrected chi connectivity index (χ4v) is 5.78. The molecule has 0 aliphatic carbocycles. The molecule has 2 heterocycles. The summed E-state index contributed by atoms with van der Waals surface area (Å²) in [4.78, 5) is 17.2. The summed E-state index contributed by atoms with van der Waals surface area (Å²) in [5, 5.41) is 10.3. The van der Waals surface area contributed by atoms with Crippen LogP contribution in [0.25, 0.3) is 16.3 Å². The van der Waals surface area contributed by atoms with Crippen LogP contribution in [0.2, 0.25) is 0 Å². The van der Waals surface area contributed by atoms with E-state index in [-0.39, 0.29) is 17.0 Å². The van der Waals surface area contributed by atoms with Crippen LogP contribution >= 0.6 is 11.3 Å². The molecule has 0 spiro atoms. The van der Waals surface area contributed by atoms with Gasteiger partial charge in [0, 0.05) is 41.5 Å². The van der Waals surface area contributed by atoms with Gasteiger partial charge >= 0.3 is 5.97 Å². The Morgan fingerprint density at radius 3 is 2.53 bits per heavy atom. The number of nitrogens with zero attached hydrogens (tertiary/aromatic N) is 2. The van der Waals surface area contributed by atoms with Crippen LogP contribution in [0.1, 0.15) is 32.1 Å². The van der Waals surface area contributed by atoms with Crippen molar-refractivity contribution in [1.29, 1.82) is 0 Å². The van der Waals surface area contributed by atoms with E-state index < -0.39 is 16.0 Å². The first kappa shape index (κ1) is 23.9. The molecule has 4 aromatic rings. The Hall–Kier alpha value is -3.27. The van der Waals surface area contributed by atoms with Crippen LogP contribution in [0.4, 0.5) is 0 Å². The second-order valence-electron chi connectivity index (χ2n) is 8.03. The van der Waals surface area contributed by atoms with Crippen molar-refractivity contribution >= 4 is 27.3 Å². The van der Waals surface area contributed by atoms with Crippen LogP contribution in [-0.4, -0.2) is 35.6 Å². The van der Waals surface area contributed by atoms with Crippen molar-refractivity contribution < 1.29 is 18.3 Å². The molecule has 0 fully saturated rings. The summed E-state index contributed by atoms with van der Waals surface area (Å²) in [7, 11) is -3.86. The summed E-state index contributed by atoms with van der Waals surface area (Å²) in [6, 6.07) is 14.7. The second kappa shape index (κ2) is 9.54. The number of hydrogen-bond donors (Lipinski definition) is 2. The third-order valence-electron chi connectivity index (χ3n) is 5.72. The summed E-state index contributed by atoms with van der Waals surface area (Å²) in [5.74, 6) is -1.15. The average Bonchev–Trinajstić information content (AvgIpc) is 3.46. The standard InChI is InChI=1S/C25H25N3O4S2/c1-16-13-21(15-22(17(16)2)25(29)30)34(31,32)26-10-9-23-18(3)33-24(27-23)19-7-6-8-20(14-19)28-11-4-5-12-28/h4-8,11-15,26H,9-10H2,1-3H3,(H,29,30). The van der Waals surface area contributed by atoms with Gasteiger partial charge in [-0.05, 0) is 68.3 Å². The van der Waals surface area contributed by atoms with Crippen LogP contribution < -0.4 is 4.72 Å². The van der Waals surface area contributed by atoms with Gasteiger partial charge in [0.05, 0.1) is 16.2 Å². The number of aryl methyl sites for hydroxylation is 2. The fraction of sp³-hybridized carbons (Fsp3) is 0.200. The van der Waals surface area contributed by atoms with Crippen LogP contribution in [0.5, 0.6) is 0 Å². The van der Waals surface area contributed by atoms with Crippen molar-refractivity contribution in [2.75, 3.05) is 6.54 Å². The third kappa shape index (κ3) is 4.96. The second-order valence-corrected chi connectivity index (χ2v) is 11.0. The lowest BCUT2D eigenvalue weighted by Crippen LogP contribution is -2.26. The molecule has 9 heteroatoms.